The lowest BCUT2D eigenvalue weighted by Crippen LogP contribution is -2.48. The van der Waals surface area contributed by atoms with Gasteiger partial charge in [0.15, 0.2) is 6.04 Å². The van der Waals surface area contributed by atoms with Crippen molar-refractivity contribution >= 4 is 39.8 Å². The van der Waals surface area contributed by atoms with Crippen LogP contribution in [-0.4, -0.2) is 129 Å². The molecule has 0 radical (unpaired) electrons. The summed E-state index contributed by atoms with van der Waals surface area (Å²) >= 11 is 0. The van der Waals surface area contributed by atoms with Crippen LogP contribution in [0.2, 0.25) is 0 Å². The SMILES string of the molecule is CNc1ccn(-c2ccnc3c2cc([C@H](C)N2CC=C(c4c(C)cc(C(=O)N5CCC(CN6CCN(Cc7ccc(NC8CCC[N+](=O)C8=O)c(F)c7)CC6)CC5)cc4F)CC2)n3C)c(=O)c1. The van der Waals surface area contributed by atoms with E-state index >= 15 is 8.78 Å². The molecule has 0 aliphatic carbocycles. The Kier molecular flexibility index (Phi) is 13.5. The molecule has 7 heterocycles. The van der Waals surface area contributed by atoms with Crippen LogP contribution in [0.25, 0.3) is 22.3 Å². The van der Waals surface area contributed by atoms with Crippen LogP contribution in [0.15, 0.2) is 77.9 Å². The fraction of sp³-hybridized carbons (Fsp3) is 0.451. The lowest BCUT2D eigenvalue weighted by atomic mass is 9.92. The minimum atomic E-state index is -0.697. The molecule has 5 aromatic rings. The van der Waals surface area contributed by atoms with Gasteiger partial charge in [0.05, 0.1) is 16.1 Å². The molecule has 1 unspecified atom stereocenters. The molecule has 3 aromatic heterocycles. The van der Waals surface area contributed by atoms with Crippen molar-refractivity contribution in [3.05, 3.63) is 128 Å². The fourth-order valence-corrected chi connectivity index (χ4v) is 10.6. The van der Waals surface area contributed by atoms with Gasteiger partial charge in [0.25, 0.3) is 11.5 Å². The number of rotatable bonds is 12. The van der Waals surface area contributed by atoms with Crippen LogP contribution in [0.1, 0.15) is 77.8 Å². The third-order valence-corrected chi connectivity index (χ3v) is 14.5. The number of amides is 2. The highest BCUT2D eigenvalue weighted by molar-refractivity contribution is 5.95. The number of anilines is 2. The maximum atomic E-state index is 16.1. The number of pyridine rings is 2. The van der Waals surface area contributed by atoms with E-state index in [1.54, 1.807) is 36.1 Å². The molecule has 2 N–H and O–H groups in total. The average molecular weight is 916 g/mol. The number of carbonyl (C=O) groups is 2. The van der Waals surface area contributed by atoms with Crippen molar-refractivity contribution < 1.29 is 23.1 Å². The third kappa shape index (κ3) is 9.70. The first kappa shape index (κ1) is 46.0. The van der Waals surface area contributed by atoms with Gasteiger partial charge in [0.1, 0.15) is 17.3 Å². The zero-order chi connectivity index (χ0) is 46.9. The number of piperazine rings is 1. The Balaban J connectivity index is 0.750. The van der Waals surface area contributed by atoms with Crippen LogP contribution in [0.4, 0.5) is 20.2 Å². The fourth-order valence-electron chi connectivity index (χ4n) is 10.6. The Labute approximate surface area is 389 Å². The van der Waals surface area contributed by atoms with E-state index in [2.05, 4.69) is 54.0 Å². The van der Waals surface area contributed by atoms with Crippen LogP contribution in [-0.2, 0) is 18.4 Å². The Bertz CT molecular complexity index is 2760. The van der Waals surface area contributed by atoms with Gasteiger partial charge in [-0.05, 0) is 105 Å². The first-order valence-electron chi connectivity index (χ1n) is 23.7. The number of aromatic nitrogens is 3. The van der Waals surface area contributed by atoms with Crippen LogP contribution in [0, 0.1) is 29.4 Å². The number of nitroso groups, excluding NO2 is 1. The summed E-state index contributed by atoms with van der Waals surface area (Å²) in [5, 5.41) is 6.83. The molecular weight excluding hydrogens is 855 g/mol. The second kappa shape index (κ2) is 19.6. The highest BCUT2D eigenvalue weighted by Crippen LogP contribution is 2.35. The number of benzene rings is 2. The van der Waals surface area contributed by atoms with Gasteiger partial charge in [-0.1, -0.05) is 12.1 Å². The second-order valence-electron chi connectivity index (χ2n) is 18.8. The van der Waals surface area contributed by atoms with Gasteiger partial charge in [-0.15, -0.1) is 0 Å². The largest absolute Gasteiger partial charge is 0.454 e. The van der Waals surface area contributed by atoms with E-state index in [4.69, 9.17) is 0 Å². The van der Waals surface area contributed by atoms with Crippen molar-refractivity contribution in [1.82, 2.24) is 33.7 Å². The number of aryl methyl sites for hydroxylation is 2. The van der Waals surface area contributed by atoms with E-state index in [1.807, 2.05) is 43.1 Å². The van der Waals surface area contributed by atoms with Crippen molar-refractivity contribution in [2.75, 3.05) is 83.1 Å². The van der Waals surface area contributed by atoms with Gasteiger partial charge in [-0.25, -0.2) is 18.6 Å². The highest BCUT2D eigenvalue weighted by atomic mass is 19.1. The number of nitrogens with one attached hydrogen (secondary N) is 2. The molecule has 67 heavy (non-hydrogen) atoms. The van der Waals surface area contributed by atoms with E-state index in [1.165, 1.54) is 12.1 Å². The lowest BCUT2D eigenvalue weighted by molar-refractivity contribution is -0.477. The topological polar surface area (TPSA) is 131 Å². The molecule has 4 aliphatic rings. The van der Waals surface area contributed by atoms with Crippen molar-refractivity contribution in [1.29, 1.82) is 0 Å². The van der Waals surface area contributed by atoms with Crippen LogP contribution in [0.5, 0.6) is 0 Å². The maximum Gasteiger partial charge on any atom is 0.454 e. The van der Waals surface area contributed by atoms with Gasteiger partial charge in [0, 0.05) is 143 Å². The summed E-state index contributed by atoms with van der Waals surface area (Å²) in [7, 11) is 3.79. The van der Waals surface area contributed by atoms with Gasteiger partial charge < -0.3 is 25.0 Å². The molecule has 3 fully saturated rings. The van der Waals surface area contributed by atoms with Gasteiger partial charge in [0.2, 0.25) is 6.54 Å². The molecule has 2 amide bonds. The quantitative estimate of drug-likeness (QED) is 0.130. The number of likely N-dealkylation sites (tertiary alicyclic amines) is 1. The Morgan fingerprint density at radius 1 is 0.925 bits per heavy atom. The van der Waals surface area contributed by atoms with Crippen molar-refractivity contribution in [2.45, 2.75) is 64.6 Å². The summed E-state index contributed by atoms with van der Waals surface area (Å²) in [5.74, 6) is -0.984. The predicted octanol–water partition coefficient (Wildman–Crippen LogP) is 6.75. The zero-order valence-electron chi connectivity index (χ0n) is 38.9. The van der Waals surface area contributed by atoms with Gasteiger partial charge in [-0.3, -0.25) is 24.0 Å². The van der Waals surface area contributed by atoms with E-state index in [-0.39, 0.29) is 35.6 Å². The van der Waals surface area contributed by atoms with E-state index < -0.39 is 17.8 Å². The van der Waals surface area contributed by atoms with Crippen LogP contribution < -0.4 is 16.2 Å². The third-order valence-electron chi connectivity index (χ3n) is 14.5. The molecule has 0 bridgehead atoms. The summed E-state index contributed by atoms with van der Waals surface area (Å²) < 4.78 is 35.3. The number of nitrogens with zero attached hydrogens (tertiary/aromatic N) is 8. The number of carbonyl (C=O) groups excluding carboxylic acids is 2. The molecule has 14 nitrogen and oxygen atoms in total. The smallest absolute Gasteiger partial charge is 0.388 e. The minimum Gasteiger partial charge on any atom is -0.388 e. The molecule has 2 atom stereocenters. The van der Waals surface area contributed by atoms with Crippen molar-refractivity contribution in [3.63, 3.8) is 0 Å². The van der Waals surface area contributed by atoms with Crippen LogP contribution in [0.3, 0.4) is 0 Å². The normalized spacial score (nSPS) is 19.8. The summed E-state index contributed by atoms with van der Waals surface area (Å²) in [5.41, 5.74) is 7.06. The monoisotopic (exact) mass is 915 g/mol. The van der Waals surface area contributed by atoms with Crippen molar-refractivity contribution in [3.8, 4) is 5.69 Å². The highest BCUT2D eigenvalue weighted by Gasteiger charge is 2.37. The molecule has 3 saturated heterocycles. The molecule has 0 spiro atoms. The first-order chi connectivity index (χ1) is 32.3. The average Bonchev–Trinajstić information content (AvgIpc) is 3.67. The summed E-state index contributed by atoms with van der Waals surface area (Å²) in [6.45, 7) is 12.1. The number of piperidine rings is 2. The summed E-state index contributed by atoms with van der Waals surface area (Å²) in [6.07, 6.45) is 9.18. The molecular formula is C51H61F2N10O4+. The molecule has 4 aliphatic heterocycles. The minimum absolute atomic E-state index is 0.0306. The number of hydrogen-bond acceptors (Lipinski definition) is 10. The van der Waals surface area contributed by atoms with Gasteiger partial charge in [-0.2, -0.15) is 0 Å². The Hall–Kier alpha value is -6.10. The first-order valence-corrected chi connectivity index (χ1v) is 23.7. The number of hydrogen-bond donors (Lipinski definition) is 2. The maximum absolute atomic E-state index is 16.1. The Morgan fingerprint density at radius 3 is 2.40 bits per heavy atom. The Morgan fingerprint density at radius 2 is 1.70 bits per heavy atom. The van der Waals surface area contributed by atoms with Crippen LogP contribution >= 0.6 is 0 Å². The standard InChI is InChI=1S/C51H60F2N10O4/c1-33-26-38(28-42(53)48(33)37-12-19-60(20-13-37)34(2)46-30-40-45(9-15-55-49(40)57(46)4)62-21-14-39(54-3)29-47(62)64)50(65)61-17-10-35(11-18-61)31-58-22-24-59(25-23-58)32-36-7-8-43(41(52)27-36)56-44-6-5-16-63(67)51(44)66/h7-9,12,14-15,21,26-30,34-35,44,56H,5-6,10-11,13,16-20,22-25,31-32H2,1-4H3/p+1/t34-,44?/m0/s1. The molecule has 9 rings (SSSR count). The summed E-state index contributed by atoms with van der Waals surface area (Å²) in [6, 6.07) is 15.1. The molecule has 16 heteroatoms. The van der Waals surface area contributed by atoms with E-state index in [0.717, 1.165) is 96.9 Å². The molecule has 2 aromatic carbocycles. The number of halogens is 2. The van der Waals surface area contributed by atoms with Gasteiger partial charge >= 0.3 is 5.91 Å². The number of fused-ring (bicyclic) bond motifs is 1. The van der Waals surface area contributed by atoms with E-state index in [0.29, 0.717) is 67.2 Å². The van der Waals surface area contributed by atoms with E-state index in [9.17, 15) is 19.3 Å². The zero-order valence-corrected chi connectivity index (χ0v) is 38.9. The molecule has 0 saturated carbocycles. The summed E-state index contributed by atoms with van der Waals surface area (Å²) in [4.78, 5) is 64.4. The van der Waals surface area contributed by atoms with Crippen molar-refractivity contribution in [2.24, 2.45) is 13.0 Å². The second-order valence-corrected chi connectivity index (χ2v) is 18.8. The predicted molar refractivity (Wildman–Crippen MR) is 256 cm³/mol. The molecule has 352 valence electrons. The lowest BCUT2D eigenvalue weighted by Gasteiger charge is -2.39.